The van der Waals surface area contributed by atoms with Crippen molar-refractivity contribution in [1.29, 1.82) is 0 Å². The Morgan fingerprint density at radius 2 is 2.27 bits per heavy atom. The quantitative estimate of drug-likeness (QED) is 0.845. The highest BCUT2D eigenvalue weighted by atomic mass is 16.5. The Morgan fingerprint density at radius 3 is 3.00 bits per heavy atom. The molecular formula is C19H28N4O3. The fourth-order valence-electron chi connectivity index (χ4n) is 4.71. The van der Waals surface area contributed by atoms with Crippen LogP contribution in [0.15, 0.2) is 27.5 Å². The van der Waals surface area contributed by atoms with Gasteiger partial charge in [0.05, 0.1) is 25.7 Å². The molecule has 26 heavy (non-hydrogen) atoms. The first-order valence-electron chi connectivity index (χ1n) is 9.62. The fourth-order valence-corrected chi connectivity index (χ4v) is 4.71. The molecule has 0 saturated carbocycles. The second-order valence-electron chi connectivity index (χ2n) is 7.70. The van der Waals surface area contributed by atoms with E-state index < -0.39 is 0 Å². The molecule has 2 aromatic rings. The van der Waals surface area contributed by atoms with Crippen LogP contribution in [0.3, 0.4) is 0 Å². The SMILES string of the molecule is CCc1noc(CN2CC[C@H]3N(Cc4ccoc4)CCC[C@]3(CO)C2)n1. The van der Waals surface area contributed by atoms with E-state index in [-0.39, 0.29) is 12.0 Å². The van der Waals surface area contributed by atoms with Gasteiger partial charge < -0.3 is 14.0 Å². The molecule has 7 nitrogen and oxygen atoms in total. The molecule has 2 aliphatic heterocycles. The van der Waals surface area contributed by atoms with Gasteiger partial charge in [-0.05, 0) is 31.9 Å². The first-order valence-corrected chi connectivity index (χ1v) is 9.62. The molecule has 0 aliphatic carbocycles. The molecule has 2 aliphatic rings. The summed E-state index contributed by atoms with van der Waals surface area (Å²) in [6.45, 7) is 6.76. The van der Waals surface area contributed by atoms with Crippen LogP contribution in [-0.4, -0.2) is 57.3 Å². The van der Waals surface area contributed by atoms with Gasteiger partial charge >= 0.3 is 0 Å². The zero-order valence-electron chi connectivity index (χ0n) is 15.4. The molecule has 0 spiro atoms. The minimum absolute atomic E-state index is 0.0756. The number of aliphatic hydroxyl groups excluding tert-OH is 1. The van der Waals surface area contributed by atoms with Crippen LogP contribution in [0.5, 0.6) is 0 Å². The van der Waals surface area contributed by atoms with Gasteiger partial charge in [0.15, 0.2) is 5.82 Å². The van der Waals surface area contributed by atoms with Crippen LogP contribution >= 0.6 is 0 Å². The van der Waals surface area contributed by atoms with Crippen molar-refractivity contribution in [1.82, 2.24) is 19.9 Å². The van der Waals surface area contributed by atoms with Crippen LogP contribution in [0.4, 0.5) is 0 Å². The summed E-state index contributed by atoms with van der Waals surface area (Å²) in [5, 5.41) is 14.3. The summed E-state index contributed by atoms with van der Waals surface area (Å²) in [5.41, 5.74) is 1.13. The lowest BCUT2D eigenvalue weighted by Gasteiger charge is -2.54. The molecule has 1 N–H and O–H groups in total. The highest BCUT2D eigenvalue weighted by Crippen LogP contribution is 2.42. The molecule has 2 aromatic heterocycles. The van der Waals surface area contributed by atoms with Gasteiger partial charge in [0.2, 0.25) is 5.89 Å². The van der Waals surface area contributed by atoms with Gasteiger partial charge in [0.1, 0.15) is 0 Å². The summed E-state index contributed by atoms with van der Waals surface area (Å²) >= 11 is 0. The number of aliphatic hydroxyl groups is 1. The van der Waals surface area contributed by atoms with E-state index in [1.165, 1.54) is 5.56 Å². The average Bonchev–Trinajstić information content (AvgIpc) is 3.33. The molecule has 4 rings (SSSR count). The number of furan rings is 1. The Bertz CT molecular complexity index is 701. The van der Waals surface area contributed by atoms with Crippen molar-refractivity contribution >= 4 is 0 Å². The van der Waals surface area contributed by atoms with Crippen LogP contribution in [0.25, 0.3) is 0 Å². The van der Waals surface area contributed by atoms with Crippen molar-refractivity contribution in [2.24, 2.45) is 5.41 Å². The Labute approximate surface area is 154 Å². The maximum Gasteiger partial charge on any atom is 0.240 e. The third-order valence-electron chi connectivity index (χ3n) is 5.99. The number of nitrogens with zero attached hydrogens (tertiary/aromatic N) is 4. The van der Waals surface area contributed by atoms with Gasteiger partial charge in [-0.25, -0.2) is 0 Å². The predicted octanol–water partition coefficient (Wildman–Crippen LogP) is 2.07. The third-order valence-corrected chi connectivity index (χ3v) is 5.99. The van der Waals surface area contributed by atoms with Gasteiger partial charge in [-0.2, -0.15) is 4.98 Å². The van der Waals surface area contributed by atoms with E-state index in [1.54, 1.807) is 6.26 Å². The van der Waals surface area contributed by atoms with E-state index in [9.17, 15) is 5.11 Å². The van der Waals surface area contributed by atoms with Gasteiger partial charge in [-0.15, -0.1) is 0 Å². The molecule has 2 atom stereocenters. The molecule has 0 unspecified atom stereocenters. The number of aryl methyl sites for hydroxylation is 1. The minimum Gasteiger partial charge on any atom is -0.472 e. The highest BCUT2D eigenvalue weighted by Gasteiger charge is 2.47. The monoisotopic (exact) mass is 360 g/mol. The molecule has 0 radical (unpaired) electrons. The first-order chi connectivity index (χ1) is 12.7. The Kier molecular flexibility index (Phi) is 5.11. The van der Waals surface area contributed by atoms with Crippen molar-refractivity contribution in [3.63, 3.8) is 0 Å². The molecule has 0 aromatic carbocycles. The summed E-state index contributed by atoms with van der Waals surface area (Å²) < 4.78 is 10.6. The molecule has 4 heterocycles. The topological polar surface area (TPSA) is 78.8 Å². The van der Waals surface area contributed by atoms with E-state index in [2.05, 4.69) is 19.9 Å². The van der Waals surface area contributed by atoms with E-state index in [4.69, 9.17) is 8.94 Å². The lowest BCUT2D eigenvalue weighted by molar-refractivity contribution is -0.0847. The summed E-state index contributed by atoms with van der Waals surface area (Å²) in [4.78, 5) is 9.33. The number of rotatable bonds is 6. The van der Waals surface area contributed by atoms with E-state index in [0.717, 1.165) is 57.7 Å². The number of aromatic nitrogens is 2. The molecule has 2 saturated heterocycles. The van der Waals surface area contributed by atoms with Crippen molar-refractivity contribution in [2.45, 2.75) is 51.7 Å². The molecule has 0 bridgehead atoms. The number of hydrogen-bond donors (Lipinski definition) is 1. The average molecular weight is 360 g/mol. The lowest BCUT2D eigenvalue weighted by atomic mass is 9.69. The van der Waals surface area contributed by atoms with Gasteiger partial charge in [-0.1, -0.05) is 12.1 Å². The van der Waals surface area contributed by atoms with Crippen LogP contribution in [0.2, 0.25) is 0 Å². The Morgan fingerprint density at radius 1 is 1.35 bits per heavy atom. The standard InChI is InChI=1S/C19H28N4O3/c1-2-17-20-18(26-21-17)11-22-8-4-16-19(13-22,14-24)6-3-7-23(16)10-15-5-9-25-12-15/h5,9,12,16,24H,2-4,6-8,10-11,13-14H2,1H3/t16-,19-/m1/s1. The fraction of sp³-hybridized carbons (Fsp3) is 0.684. The number of likely N-dealkylation sites (tertiary alicyclic amines) is 2. The number of piperidine rings is 2. The normalized spacial score (nSPS) is 27.5. The maximum atomic E-state index is 10.3. The van der Waals surface area contributed by atoms with Gasteiger partial charge in [0.25, 0.3) is 0 Å². The smallest absolute Gasteiger partial charge is 0.240 e. The van der Waals surface area contributed by atoms with Gasteiger partial charge in [-0.3, -0.25) is 9.80 Å². The number of fused-ring (bicyclic) bond motifs is 1. The minimum atomic E-state index is -0.0756. The van der Waals surface area contributed by atoms with E-state index in [1.807, 2.05) is 19.3 Å². The van der Waals surface area contributed by atoms with Crippen molar-refractivity contribution in [3.8, 4) is 0 Å². The Balaban J connectivity index is 1.46. The highest BCUT2D eigenvalue weighted by molar-refractivity contribution is 5.08. The molecule has 142 valence electrons. The zero-order valence-corrected chi connectivity index (χ0v) is 15.4. The van der Waals surface area contributed by atoms with E-state index >= 15 is 0 Å². The van der Waals surface area contributed by atoms with Crippen molar-refractivity contribution in [2.75, 3.05) is 26.2 Å². The zero-order chi connectivity index (χ0) is 18.0. The second-order valence-corrected chi connectivity index (χ2v) is 7.70. The summed E-state index contributed by atoms with van der Waals surface area (Å²) in [6.07, 6.45) is 7.57. The lowest BCUT2D eigenvalue weighted by Crippen LogP contribution is -2.62. The van der Waals surface area contributed by atoms with Crippen LogP contribution in [0.1, 0.15) is 43.5 Å². The van der Waals surface area contributed by atoms with Crippen LogP contribution in [-0.2, 0) is 19.5 Å². The second kappa shape index (κ2) is 7.50. The predicted molar refractivity (Wildman–Crippen MR) is 95.2 cm³/mol. The van der Waals surface area contributed by atoms with Crippen LogP contribution in [0, 0.1) is 5.41 Å². The maximum absolute atomic E-state index is 10.3. The molecular weight excluding hydrogens is 332 g/mol. The molecule has 0 amide bonds. The van der Waals surface area contributed by atoms with Gasteiger partial charge in [0, 0.05) is 43.1 Å². The third kappa shape index (κ3) is 3.43. The molecule has 7 heteroatoms. The summed E-state index contributed by atoms with van der Waals surface area (Å²) in [7, 11) is 0. The van der Waals surface area contributed by atoms with Crippen molar-refractivity contribution in [3.05, 3.63) is 35.9 Å². The van der Waals surface area contributed by atoms with Crippen molar-refractivity contribution < 1.29 is 14.0 Å². The summed E-state index contributed by atoms with van der Waals surface area (Å²) in [6, 6.07) is 2.44. The van der Waals surface area contributed by atoms with Crippen LogP contribution < -0.4 is 0 Å². The molecule has 2 fully saturated rings. The van der Waals surface area contributed by atoms with E-state index in [0.29, 0.717) is 18.5 Å². The first kappa shape index (κ1) is 17.7. The largest absolute Gasteiger partial charge is 0.472 e. The number of hydrogen-bond acceptors (Lipinski definition) is 7. The summed E-state index contributed by atoms with van der Waals surface area (Å²) in [5.74, 6) is 1.44. The Hall–Kier alpha value is -1.70.